The van der Waals surface area contributed by atoms with Gasteiger partial charge < -0.3 is 30.2 Å². The van der Waals surface area contributed by atoms with Crippen molar-refractivity contribution in [2.75, 3.05) is 29.1 Å². The molecule has 1 aromatic heterocycles. The maximum Gasteiger partial charge on any atom is 0.313 e. The molecule has 1 aliphatic heterocycles. The third-order valence-electron chi connectivity index (χ3n) is 7.79. The van der Waals surface area contributed by atoms with Crippen molar-refractivity contribution in [3.8, 4) is 0 Å². The normalized spacial score (nSPS) is 16.8. The Hall–Kier alpha value is -3.90. The molecule has 236 valence electrons. The Balaban J connectivity index is 1.47. The molecule has 10 nitrogen and oxygen atoms in total. The van der Waals surface area contributed by atoms with Gasteiger partial charge in [-0.05, 0) is 66.9 Å². The number of carbonyl (C=O) groups is 3. The molecular weight excluding hydrogens is 616 g/mol. The van der Waals surface area contributed by atoms with Crippen molar-refractivity contribution in [1.82, 2.24) is 9.97 Å². The molecule has 2 amide bonds. The number of fused-ring (bicyclic) bond motifs is 2. The van der Waals surface area contributed by atoms with Crippen LogP contribution in [0.25, 0.3) is 11.0 Å². The van der Waals surface area contributed by atoms with Crippen molar-refractivity contribution in [2.45, 2.75) is 51.5 Å². The smallest absolute Gasteiger partial charge is 0.313 e. The van der Waals surface area contributed by atoms with Crippen LogP contribution in [0, 0.1) is 19.3 Å². The molecule has 4 aromatic rings. The third kappa shape index (κ3) is 7.33. The summed E-state index contributed by atoms with van der Waals surface area (Å²) >= 11 is 7.55. The van der Waals surface area contributed by atoms with Gasteiger partial charge in [0.1, 0.15) is 12.2 Å². The Bertz CT molecular complexity index is 1770. The minimum atomic E-state index is -1.15. The number of aromatic nitrogens is 2. The fourth-order valence-corrected chi connectivity index (χ4v) is 6.07. The average molecular weight is 651 g/mol. The second kappa shape index (κ2) is 13.2. The molecule has 3 aromatic carbocycles. The number of amides is 2. The van der Waals surface area contributed by atoms with E-state index in [-0.39, 0.29) is 25.3 Å². The SMILES string of the molecule is Cc1cccc([C@H]2O[C@H](CC(=O)Nc3ccc4nc(SCC(=O)O)[nH]c4c3)C(=O)N(CC(C)(C)CO)c3ccc(Cl)cc32)c1C. The van der Waals surface area contributed by atoms with Crippen LogP contribution in [0.1, 0.15) is 48.6 Å². The molecule has 1 aliphatic rings. The summed E-state index contributed by atoms with van der Waals surface area (Å²) in [7, 11) is 0. The molecule has 4 N–H and O–H groups in total. The maximum atomic E-state index is 14.2. The number of carbonyl (C=O) groups excluding carboxylic acids is 2. The number of hydrogen-bond acceptors (Lipinski definition) is 7. The van der Waals surface area contributed by atoms with Crippen LogP contribution in [0.4, 0.5) is 11.4 Å². The number of rotatable bonds is 10. The lowest BCUT2D eigenvalue weighted by molar-refractivity contribution is -0.136. The summed E-state index contributed by atoms with van der Waals surface area (Å²) in [5.41, 5.74) is 5.32. The summed E-state index contributed by atoms with van der Waals surface area (Å²) in [6.45, 7) is 7.77. The highest BCUT2D eigenvalue weighted by Crippen LogP contribution is 2.42. The van der Waals surface area contributed by atoms with Crippen LogP contribution in [0.2, 0.25) is 5.02 Å². The lowest BCUT2D eigenvalue weighted by atomic mass is 9.91. The fourth-order valence-electron chi connectivity index (χ4n) is 5.29. The number of anilines is 2. The number of nitrogens with one attached hydrogen (secondary N) is 2. The number of imidazole rings is 1. The number of aliphatic carboxylic acids is 1. The monoisotopic (exact) mass is 650 g/mol. The van der Waals surface area contributed by atoms with Crippen molar-refractivity contribution in [2.24, 2.45) is 5.41 Å². The molecule has 0 radical (unpaired) electrons. The average Bonchev–Trinajstić information content (AvgIpc) is 3.36. The molecule has 0 unspecified atom stereocenters. The number of carboxylic acid groups (broad SMARTS) is 1. The molecule has 0 saturated carbocycles. The van der Waals surface area contributed by atoms with Crippen molar-refractivity contribution < 1.29 is 29.3 Å². The summed E-state index contributed by atoms with van der Waals surface area (Å²) in [5, 5.41) is 22.8. The number of carboxylic acids is 1. The number of hydrogen-bond donors (Lipinski definition) is 4. The number of benzene rings is 3. The number of H-pyrrole nitrogens is 1. The third-order valence-corrected chi connectivity index (χ3v) is 8.89. The molecule has 12 heteroatoms. The van der Waals surface area contributed by atoms with Gasteiger partial charge >= 0.3 is 5.97 Å². The van der Waals surface area contributed by atoms with Gasteiger partial charge in [-0.3, -0.25) is 14.4 Å². The van der Waals surface area contributed by atoms with Crippen molar-refractivity contribution in [3.63, 3.8) is 0 Å². The number of thioether (sulfide) groups is 1. The van der Waals surface area contributed by atoms with Gasteiger partial charge in [-0.1, -0.05) is 55.4 Å². The largest absolute Gasteiger partial charge is 0.481 e. The minimum Gasteiger partial charge on any atom is -0.481 e. The number of aryl methyl sites for hydroxylation is 1. The van der Waals surface area contributed by atoms with E-state index in [1.807, 2.05) is 45.9 Å². The van der Waals surface area contributed by atoms with Crippen LogP contribution in [0.5, 0.6) is 0 Å². The second-order valence-corrected chi connectivity index (χ2v) is 13.4. The number of nitrogens with zero attached hydrogens (tertiary/aromatic N) is 2. The van der Waals surface area contributed by atoms with E-state index in [2.05, 4.69) is 15.3 Å². The standard InChI is InChI=1S/C33H35ClN4O6S/c1-18-6-5-7-22(19(18)2)30-23-12-20(34)8-11-26(23)38(16-33(3,4)17-39)31(43)27(44-30)14-28(40)35-21-9-10-24-25(13-21)37-32(36-24)45-15-29(41)42/h5-13,27,30,39H,14-17H2,1-4H3,(H,35,40)(H,36,37)(H,41,42)/t27-,30-/m1/s1. The van der Waals surface area contributed by atoms with Gasteiger partial charge in [-0.25, -0.2) is 4.98 Å². The molecular formula is C33H35ClN4O6S. The van der Waals surface area contributed by atoms with Gasteiger partial charge in [-0.2, -0.15) is 0 Å². The van der Waals surface area contributed by atoms with Crippen molar-refractivity contribution in [1.29, 1.82) is 0 Å². The lowest BCUT2D eigenvalue weighted by Gasteiger charge is -2.32. The lowest BCUT2D eigenvalue weighted by Crippen LogP contribution is -2.46. The number of aliphatic hydroxyl groups is 1. The Morgan fingerprint density at radius 2 is 1.91 bits per heavy atom. The second-order valence-electron chi connectivity index (χ2n) is 12.0. The van der Waals surface area contributed by atoms with Gasteiger partial charge in [0.15, 0.2) is 5.16 Å². The molecule has 0 aliphatic carbocycles. The zero-order valence-corrected chi connectivity index (χ0v) is 27.0. The van der Waals surface area contributed by atoms with Crippen LogP contribution < -0.4 is 10.2 Å². The first-order chi connectivity index (χ1) is 21.3. The molecule has 0 saturated heterocycles. The first-order valence-electron chi connectivity index (χ1n) is 14.4. The van der Waals surface area contributed by atoms with Crippen molar-refractivity contribution in [3.05, 3.63) is 81.9 Å². The van der Waals surface area contributed by atoms with Crippen LogP contribution >= 0.6 is 23.4 Å². The molecule has 2 heterocycles. The van der Waals surface area contributed by atoms with E-state index in [4.69, 9.17) is 21.4 Å². The molecule has 0 spiro atoms. The number of halogens is 1. The molecule has 0 bridgehead atoms. The summed E-state index contributed by atoms with van der Waals surface area (Å²) in [5.74, 6) is -1.91. The van der Waals surface area contributed by atoms with Gasteiger partial charge in [0.2, 0.25) is 5.91 Å². The number of ether oxygens (including phenoxy) is 1. The Labute approximate surface area is 270 Å². The number of aromatic amines is 1. The first-order valence-corrected chi connectivity index (χ1v) is 15.8. The van der Waals surface area contributed by atoms with E-state index in [1.165, 1.54) is 0 Å². The summed E-state index contributed by atoms with van der Waals surface area (Å²) in [6, 6.07) is 16.3. The van der Waals surface area contributed by atoms with Crippen LogP contribution in [0.3, 0.4) is 0 Å². The summed E-state index contributed by atoms with van der Waals surface area (Å²) in [4.78, 5) is 47.7. The molecule has 0 fully saturated rings. The zero-order chi connectivity index (χ0) is 32.5. The Kier molecular flexibility index (Phi) is 9.54. The minimum absolute atomic E-state index is 0.134. The van der Waals surface area contributed by atoms with E-state index in [9.17, 15) is 19.5 Å². The summed E-state index contributed by atoms with van der Waals surface area (Å²) < 4.78 is 6.59. The Morgan fingerprint density at radius 1 is 1.13 bits per heavy atom. The van der Waals surface area contributed by atoms with E-state index < -0.39 is 35.4 Å². The highest BCUT2D eigenvalue weighted by molar-refractivity contribution is 7.99. The maximum absolute atomic E-state index is 14.2. The van der Waals surface area contributed by atoms with Crippen LogP contribution in [0.15, 0.2) is 59.8 Å². The quantitative estimate of drug-likeness (QED) is 0.156. The van der Waals surface area contributed by atoms with E-state index >= 15 is 0 Å². The van der Waals surface area contributed by atoms with E-state index in [1.54, 1.807) is 41.3 Å². The fraction of sp³-hybridized carbons (Fsp3) is 0.333. The van der Waals surface area contributed by atoms with Crippen molar-refractivity contribution >= 4 is 63.6 Å². The number of aliphatic hydroxyl groups excluding tert-OH is 1. The van der Waals surface area contributed by atoms with Gasteiger partial charge in [0.25, 0.3) is 5.91 Å². The molecule has 2 atom stereocenters. The molecule has 45 heavy (non-hydrogen) atoms. The predicted octanol–water partition coefficient (Wildman–Crippen LogP) is 5.88. The van der Waals surface area contributed by atoms with Crippen LogP contribution in [-0.2, 0) is 19.1 Å². The first kappa shape index (κ1) is 32.5. The van der Waals surface area contributed by atoms with E-state index in [0.29, 0.717) is 38.2 Å². The predicted molar refractivity (Wildman–Crippen MR) is 175 cm³/mol. The van der Waals surface area contributed by atoms with Gasteiger partial charge in [0.05, 0.1) is 23.2 Å². The molecule has 5 rings (SSSR count). The Morgan fingerprint density at radius 3 is 2.64 bits per heavy atom. The van der Waals surface area contributed by atoms with E-state index in [0.717, 1.165) is 28.5 Å². The highest BCUT2D eigenvalue weighted by Gasteiger charge is 2.40. The van der Waals surface area contributed by atoms with Gasteiger partial charge in [-0.15, -0.1) is 0 Å². The summed E-state index contributed by atoms with van der Waals surface area (Å²) in [6.07, 6.45) is -2.10. The highest BCUT2D eigenvalue weighted by atomic mass is 35.5. The zero-order valence-electron chi connectivity index (χ0n) is 25.4. The topological polar surface area (TPSA) is 145 Å². The van der Waals surface area contributed by atoms with Crippen LogP contribution in [-0.4, -0.2) is 63.0 Å². The van der Waals surface area contributed by atoms with Gasteiger partial charge in [0, 0.05) is 40.5 Å².